The molecule has 0 aliphatic rings. The zero-order valence-electron chi connectivity index (χ0n) is 13.7. The lowest BCUT2D eigenvalue weighted by atomic mass is 10.1. The number of hydrogen-bond acceptors (Lipinski definition) is 5. The number of rotatable bonds is 5. The second-order valence-electron chi connectivity index (χ2n) is 5.61. The third-order valence-corrected chi connectivity index (χ3v) is 4.15. The molecule has 0 radical (unpaired) electrons. The largest absolute Gasteiger partial charge is 0.362 e. The van der Waals surface area contributed by atoms with Gasteiger partial charge in [-0.05, 0) is 36.8 Å². The molecule has 0 bridgehead atoms. The van der Waals surface area contributed by atoms with Crippen molar-refractivity contribution in [1.29, 1.82) is 0 Å². The third-order valence-electron chi connectivity index (χ3n) is 4.15. The zero-order chi connectivity index (χ0) is 18.0. The molecule has 0 spiro atoms. The highest BCUT2D eigenvalue weighted by molar-refractivity contribution is 5.64. The molecule has 0 saturated heterocycles. The fraction of sp³-hybridized carbons (Fsp3) is 0.176. The van der Waals surface area contributed by atoms with Crippen LogP contribution in [0.1, 0.15) is 18.5 Å². The Bertz CT molecular complexity index is 881. The fourth-order valence-electron chi connectivity index (χ4n) is 2.62. The van der Waals surface area contributed by atoms with E-state index in [2.05, 4.69) is 10.1 Å². The minimum Gasteiger partial charge on any atom is -0.362 e. The Morgan fingerprint density at radius 2 is 1.96 bits per heavy atom. The summed E-state index contributed by atoms with van der Waals surface area (Å²) in [4.78, 5) is 16.3. The minimum absolute atomic E-state index is 0.144. The first-order chi connectivity index (χ1) is 12.0. The molecule has 7 nitrogen and oxygen atoms in total. The van der Waals surface area contributed by atoms with E-state index in [0.29, 0.717) is 5.69 Å². The van der Waals surface area contributed by atoms with E-state index in [1.165, 1.54) is 18.5 Å². The van der Waals surface area contributed by atoms with E-state index >= 15 is 0 Å². The molecule has 2 aromatic carbocycles. The van der Waals surface area contributed by atoms with Crippen molar-refractivity contribution in [3.8, 4) is 5.69 Å². The molecule has 3 aromatic rings. The van der Waals surface area contributed by atoms with Crippen molar-refractivity contribution < 1.29 is 9.31 Å². The number of nitro groups is 1. The van der Waals surface area contributed by atoms with Gasteiger partial charge >= 0.3 is 0 Å². The second kappa shape index (κ2) is 6.68. The van der Waals surface area contributed by atoms with Crippen LogP contribution in [0.15, 0.2) is 55.1 Å². The minimum atomic E-state index is -0.631. The van der Waals surface area contributed by atoms with E-state index in [4.69, 9.17) is 0 Å². The number of nitrogens with zero attached hydrogens (tertiary/aromatic N) is 5. The molecule has 0 fully saturated rings. The van der Waals surface area contributed by atoms with E-state index in [-0.39, 0.29) is 11.7 Å². The maximum atomic E-state index is 13.3. The van der Waals surface area contributed by atoms with Gasteiger partial charge in [0.2, 0.25) is 0 Å². The highest BCUT2D eigenvalue weighted by Gasteiger charge is 2.22. The summed E-state index contributed by atoms with van der Waals surface area (Å²) in [7, 11) is 1.75. The standard InChI is InChI=1S/C17H16FN5O2/c1-12(13-3-6-15(7-4-13)22-11-19-10-20-22)21(2)16-8-5-14(18)9-17(16)23(24)25/h3-12H,1-2H3. The number of nitro benzene ring substituents is 1. The zero-order valence-corrected chi connectivity index (χ0v) is 13.7. The Balaban J connectivity index is 1.88. The normalized spacial score (nSPS) is 12.0. The molecule has 1 atom stereocenters. The summed E-state index contributed by atoms with van der Waals surface area (Å²) in [6.45, 7) is 1.93. The predicted molar refractivity (Wildman–Crippen MR) is 91.2 cm³/mol. The van der Waals surface area contributed by atoms with Gasteiger partial charge in [0, 0.05) is 7.05 Å². The van der Waals surface area contributed by atoms with Gasteiger partial charge in [-0.1, -0.05) is 12.1 Å². The molecule has 0 aliphatic carbocycles. The molecule has 0 N–H and O–H groups in total. The summed E-state index contributed by atoms with van der Waals surface area (Å²) < 4.78 is 15.0. The molecule has 0 saturated carbocycles. The number of benzene rings is 2. The average Bonchev–Trinajstić information content (AvgIpc) is 3.15. The Hall–Kier alpha value is -3.29. The van der Waals surface area contributed by atoms with Gasteiger partial charge < -0.3 is 4.90 Å². The molecular weight excluding hydrogens is 325 g/mol. The maximum Gasteiger partial charge on any atom is 0.295 e. The van der Waals surface area contributed by atoms with E-state index in [0.717, 1.165) is 17.3 Å². The van der Waals surface area contributed by atoms with Gasteiger partial charge in [-0.15, -0.1) is 0 Å². The van der Waals surface area contributed by atoms with Gasteiger partial charge in [-0.25, -0.2) is 14.1 Å². The van der Waals surface area contributed by atoms with Crippen LogP contribution in [0.3, 0.4) is 0 Å². The van der Waals surface area contributed by atoms with Gasteiger partial charge in [0.15, 0.2) is 0 Å². The molecule has 3 rings (SSSR count). The van der Waals surface area contributed by atoms with Crippen molar-refractivity contribution in [1.82, 2.24) is 14.8 Å². The van der Waals surface area contributed by atoms with E-state index in [1.54, 1.807) is 23.0 Å². The van der Waals surface area contributed by atoms with Crippen LogP contribution in [0.4, 0.5) is 15.8 Å². The highest BCUT2D eigenvalue weighted by atomic mass is 19.1. The first kappa shape index (κ1) is 16.6. The first-order valence-corrected chi connectivity index (χ1v) is 7.59. The number of hydrogen-bond donors (Lipinski definition) is 0. The lowest BCUT2D eigenvalue weighted by Crippen LogP contribution is -2.22. The van der Waals surface area contributed by atoms with Crippen LogP contribution >= 0.6 is 0 Å². The quantitative estimate of drug-likeness (QED) is 0.524. The second-order valence-corrected chi connectivity index (χ2v) is 5.61. The molecular formula is C17H16FN5O2. The van der Waals surface area contributed by atoms with Crippen LogP contribution in [0, 0.1) is 15.9 Å². The van der Waals surface area contributed by atoms with Crippen LogP contribution in [-0.4, -0.2) is 26.7 Å². The average molecular weight is 341 g/mol. The lowest BCUT2D eigenvalue weighted by molar-refractivity contribution is -0.384. The Kier molecular flexibility index (Phi) is 4.42. The first-order valence-electron chi connectivity index (χ1n) is 7.59. The summed E-state index contributed by atoms with van der Waals surface area (Å²) in [5.41, 5.74) is 1.93. The summed E-state index contributed by atoms with van der Waals surface area (Å²) in [6, 6.07) is 11.1. The van der Waals surface area contributed by atoms with Crippen LogP contribution in [0.25, 0.3) is 5.69 Å². The summed E-state index contributed by atoms with van der Waals surface area (Å²) in [6.07, 6.45) is 3.06. The van der Waals surface area contributed by atoms with Crippen molar-refractivity contribution in [2.75, 3.05) is 11.9 Å². The van der Waals surface area contributed by atoms with Crippen molar-refractivity contribution >= 4 is 11.4 Å². The van der Waals surface area contributed by atoms with Crippen LogP contribution in [0.5, 0.6) is 0 Å². The molecule has 0 amide bonds. The van der Waals surface area contributed by atoms with Gasteiger partial charge in [0.05, 0.1) is 22.7 Å². The molecule has 1 aromatic heterocycles. The van der Waals surface area contributed by atoms with Crippen molar-refractivity contribution in [3.63, 3.8) is 0 Å². The SMILES string of the molecule is CC(c1ccc(-n2cncn2)cc1)N(C)c1ccc(F)cc1[N+](=O)[O-]. The van der Waals surface area contributed by atoms with Gasteiger partial charge in [-0.2, -0.15) is 5.10 Å². The van der Waals surface area contributed by atoms with Gasteiger partial charge in [0.1, 0.15) is 24.2 Å². The third kappa shape index (κ3) is 3.32. The van der Waals surface area contributed by atoms with Crippen LogP contribution in [-0.2, 0) is 0 Å². The topological polar surface area (TPSA) is 77.1 Å². The summed E-state index contributed by atoms with van der Waals surface area (Å²) in [5.74, 6) is -0.631. The maximum absolute atomic E-state index is 13.3. The monoisotopic (exact) mass is 341 g/mol. The summed E-state index contributed by atoms with van der Waals surface area (Å²) >= 11 is 0. The molecule has 0 aliphatic heterocycles. The summed E-state index contributed by atoms with van der Waals surface area (Å²) in [5, 5.41) is 15.3. The molecule has 1 heterocycles. The number of halogens is 1. The van der Waals surface area contributed by atoms with Gasteiger partial charge in [-0.3, -0.25) is 10.1 Å². The van der Waals surface area contributed by atoms with E-state index in [1.807, 2.05) is 31.2 Å². The number of anilines is 1. The van der Waals surface area contributed by atoms with E-state index < -0.39 is 10.7 Å². The Labute approximate surface area is 143 Å². The fourth-order valence-corrected chi connectivity index (χ4v) is 2.62. The Morgan fingerprint density at radius 1 is 1.24 bits per heavy atom. The smallest absolute Gasteiger partial charge is 0.295 e. The van der Waals surface area contributed by atoms with Crippen molar-refractivity contribution in [3.05, 3.63) is 76.6 Å². The van der Waals surface area contributed by atoms with Crippen molar-refractivity contribution in [2.45, 2.75) is 13.0 Å². The molecule has 25 heavy (non-hydrogen) atoms. The highest BCUT2D eigenvalue weighted by Crippen LogP contribution is 2.33. The molecule has 8 heteroatoms. The molecule has 1 unspecified atom stereocenters. The Morgan fingerprint density at radius 3 is 2.56 bits per heavy atom. The van der Waals surface area contributed by atoms with E-state index in [9.17, 15) is 14.5 Å². The van der Waals surface area contributed by atoms with Crippen LogP contribution in [0.2, 0.25) is 0 Å². The lowest BCUT2D eigenvalue weighted by Gasteiger charge is -2.27. The van der Waals surface area contributed by atoms with Crippen molar-refractivity contribution in [2.24, 2.45) is 0 Å². The van der Waals surface area contributed by atoms with Crippen LogP contribution < -0.4 is 4.90 Å². The van der Waals surface area contributed by atoms with Gasteiger partial charge in [0.25, 0.3) is 5.69 Å². The number of aromatic nitrogens is 3. The molecule has 128 valence electrons. The predicted octanol–water partition coefficient (Wildman–Crippen LogP) is 3.51.